The summed E-state index contributed by atoms with van der Waals surface area (Å²) in [5.41, 5.74) is 3.55. The number of amides is 1. The lowest BCUT2D eigenvalue weighted by atomic mass is 9.96. The highest BCUT2D eigenvalue weighted by molar-refractivity contribution is 6.01. The van der Waals surface area contributed by atoms with Gasteiger partial charge in [0.2, 0.25) is 11.9 Å². The lowest BCUT2D eigenvalue weighted by molar-refractivity contribution is -0.120. The number of rotatable bonds is 3. The average Bonchev–Trinajstić information content (AvgIpc) is 2.68. The van der Waals surface area contributed by atoms with Crippen molar-refractivity contribution in [3.8, 4) is 0 Å². The van der Waals surface area contributed by atoms with Crippen LogP contribution in [0.5, 0.6) is 0 Å². The number of carbonyl (C=O) groups excluding carboxylic acids is 1. The van der Waals surface area contributed by atoms with Crippen molar-refractivity contribution in [2.75, 3.05) is 23.3 Å². The van der Waals surface area contributed by atoms with Crippen molar-refractivity contribution in [3.63, 3.8) is 0 Å². The van der Waals surface area contributed by atoms with Crippen molar-refractivity contribution in [1.82, 2.24) is 15.0 Å². The first-order chi connectivity index (χ1) is 13.1. The predicted octanol–water partition coefficient (Wildman–Crippen LogP) is 3.50. The van der Waals surface area contributed by atoms with Crippen molar-refractivity contribution in [2.24, 2.45) is 5.92 Å². The van der Waals surface area contributed by atoms with Crippen LogP contribution in [0.4, 0.5) is 11.6 Å². The van der Waals surface area contributed by atoms with E-state index in [4.69, 9.17) is 0 Å². The van der Waals surface area contributed by atoms with Crippen LogP contribution < -0.4 is 10.2 Å². The van der Waals surface area contributed by atoms with Crippen molar-refractivity contribution in [1.29, 1.82) is 0 Å². The van der Waals surface area contributed by atoms with Crippen LogP contribution in [0.3, 0.4) is 0 Å². The van der Waals surface area contributed by atoms with Crippen LogP contribution in [-0.4, -0.2) is 33.9 Å². The average molecular weight is 361 g/mol. The Morgan fingerprint density at radius 3 is 2.52 bits per heavy atom. The first-order valence-electron chi connectivity index (χ1n) is 9.32. The third-order valence-corrected chi connectivity index (χ3v) is 5.01. The number of pyridine rings is 1. The zero-order valence-corrected chi connectivity index (χ0v) is 15.6. The van der Waals surface area contributed by atoms with Crippen LogP contribution in [0.1, 0.15) is 24.2 Å². The zero-order valence-electron chi connectivity index (χ0n) is 15.6. The fourth-order valence-corrected chi connectivity index (χ4v) is 3.63. The number of hydrogen-bond acceptors (Lipinski definition) is 5. The maximum Gasteiger partial charge on any atom is 0.227 e. The van der Waals surface area contributed by atoms with Crippen LogP contribution in [0.25, 0.3) is 10.9 Å². The summed E-state index contributed by atoms with van der Waals surface area (Å²) in [5, 5.41) is 4.10. The highest BCUT2D eigenvalue weighted by Crippen LogP contribution is 2.25. The van der Waals surface area contributed by atoms with Gasteiger partial charge in [0.05, 0.1) is 11.2 Å². The number of para-hydroxylation sites is 1. The van der Waals surface area contributed by atoms with Crippen molar-refractivity contribution >= 4 is 28.4 Å². The summed E-state index contributed by atoms with van der Waals surface area (Å²) in [7, 11) is 0. The first kappa shape index (κ1) is 17.4. The molecular formula is C21H23N5O. The Morgan fingerprint density at radius 1 is 1.07 bits per heavy atom. The maximum absolute atomic E-state index is 12.8. The van der Waals surface area contributed by atoms with E-state index in [2.05, 4.69) is 25.2 Å². The van der Waals surface area contributed by atoms with Crippen LogP contribution in [0, 0.1) is 19.8 Å². The number of aromatic nitrogens is 3. The Hall–Kier alpha value is -3.02. The largest absolute Gasteiger partial charge is 0.341 e. The molecule has 0 saturated carbocycles. The standard InChI is InChI=1S/C21H23N5O/c1-14-13-15(2)24-21(23-14)26-11-8-17(9-12-26)20(27)25-18-7-3-5-16-6-4-10-22-19(16)18/h3-7,10,13,17H,8-9,11-12H2,1-2H3,(H,25,27). The van der Waals surface area contributed by atoms with Crippen LogP contribution in [0.2, 0.25) is 0 Å². The van der Waals surface area contributed by atoms with Crippen molar-refractivity contribution in [3.05, 3.63) is 54.0 Å². The quantitative estimate of drug-likeness (QED) is 0.773. The molecule has 1 N–H and O–H groups in total. The van der Waals surface area contributed by atoms with Gasteiger partial charge in [-0.25, -0.2) is 9.97 Å². The van der Waals surface area contributed by atoms with Gasteiger partial charge in [-0.3, -0.25) is 9.78 Å². The molecule has 0 bridgehead atoms. The van der Waals surface area contributed by atoms with Gasteiger partial charge in [0.25, 0.3) is 0 Å². The van der Waals surface area contributed by atoms with Crippen LogP contribution in [0.15, 0.2) is 42.6 Å². The highest BCUT2D eigenvalue weighted by atomic mass is 16.1. The third-order valence-electron chi connectivity index (χ3n) is 5.01. The van der Waals surface area contributed by atoms with Gasteiger partial charge >= 0.3 is 0 Å². The molecule has 3 heterocycles. The van der Waals surface area contributed by atoms with E-state index in [9.17, 15) is 4.79 Å². The number of carbonyl (C=O) groups is 1. The van der Waals surface area contributed by atoms with E-state index in [1.165, 1.54) is 0 Å². The summed E-state index contributed by atoms with van der Waals surface area (Å²) in [5.74, 6) is 0.824. The van der Waals surface area contributed by atoms with E-state index in [-0.39, 0.29) is 11.8 Å². The van der Waals surface area contributed by atoms with Crippen molar-refractivity contribution < 1.29 is 4.79 Å². The van der Waals surface area contributed by atoms with Gasteiger partial charge in [0.1, 0.15) is 0 Å². The summed E-state index contributed by atoms with van der Waals surface area (Å²) < 4.78 is 0. The first-order valence-corrected chi connectivity index (χ1v) is 9.32. The molecule has 0 spiro atoms. The molecule has 1 fully saturated rings. The highest BCUT2D eigenvalue weighted by Gasteiger charge is 2.26. The molecule has 2 aromatic heterocycles. The summed E-state index contributed by atoms with van der Waals surface area (Å²) >= 11 is 0. The molecule has 0 aliphatic carbocycles. The van der Waals surface area contributed by atoms with Gasteiger partial charge in [0.15, 0.2) is 0 Å². The van der Waals surface area contributed by atoms with Crippen LogP contribution >= 0.6 is 0 Å². The van der Waals surface area contributed by atoms with E-state index in [0.29, 0.717) is 0 Å². The molecule has 1 saturated heterocycles. The number of nitrogens with zero attached hydrogens (tertiary/aromatic N) is 4. The number of benzene rings is 1. The van der Waals surface area contributed by atoms with Crippen LogP contribution in [-0.2, 0) is 4.79 Å². The summed E-state index contributed by atoms with van der Waals surface area (Å²) in [6, 6.07) is 11.7. The minimum atomic E-state index is -0.00822. The van der Waals surface area contributed by atoms with Crippen molar-refractivity contribution in [2.45, 2.75) is 26.7 Å². The molecule has 1 amide bonds. The van der Waals surface area contributed by atoms with E-state index in [1.807, 2.05) is 50.2 Å². The minimum absolute atomic E-state index is 0.00822. The Balaban J connectivity index is 1.42. The number of anilines is 2. The lowest BCUT2D eigenvalue weighted by Crippen LogP contribution is -2.39. The molecule has 1 aliphatic rings. The smallest absolute Gasteiger partial charge is 0.227 e. The fourth-order valence-electron chi connectivity index (χ4n) is 3.63. The number of nitrogens with one attached hydrogen (secondary N) is 1. The molecule has 1 aromatic carbocycles. The van der Waals surface area contributed by atoms with E-state index in [1.54, 1.807) is 6.20 Å². The fraction of sp³-hybridized carbons (Fsp3) is 0.333. The SMILES string of the molecule is Cc1cc(C)nc(N2CCC(C(=O)Nc3cccc4cccnc34)CC2)n1. The molecule has 3 aromatic rings. The number of hydrogen-bond donors (Lipinski definition) is 1. The third kappa shape index (κ3) is 3.74. The summed E-state index contributed by atoms with van der Waals surface area (Å²) in [4.78, 5) is 28.4. The van der Waals surface area contributed by atoms with Gasteiger partial charge in [-0.05, 0) is 44.9 Å². The maximum atomic E-state index is 12.8. The van der Waals surface area contributed by atoms with E-state index in [0.717, 1.165) is 59.9 Å². The Labute approximate surface area is 158 Å². The van der Waals surface area contributed by atoms with Gasteiger partial charge < -0.3 is 10.2 Å². The zero-order chi connectivity index (χ0) is 18.8. The molecule has 1 aliphatic heterocycles. The Bertz CT molecular complexity index is 954. The topological polar surface area (TPSA) is 71.0 Å². The van der Waals surface area contributed by atoms with E-state index < -0.39 is 0 Å². The van der Waals surface area contributed by atoms with Gasteiger partial charge in [-0.1, -0.05) is 18.2 Å². The Kier molecular flexibility index (Phi) is 4.71. The molecule has 0 unspecified atom stereocenters. The second-order valence-electron chi connectivity index (χ2n) is 7.08. The van der Waals surface area contributed by atoms with Gasteiger partial charge in [-0.15, -0.1) is 0 Å². The van der Waals surface area contributed by atoms with Gasteiger partial charge in [-0.2, -0.15) is 0 Å². The molecule has 6 heteroatoms. The Morgan fingerprint density at radius 2 is 1.78 bits per heavy atom. The number of fused-ring (bicyclic) bond motifs is 1. The molecule has 4 rings (SSSR count). The second-order valence-corrected chi connectivity index (χ2v) is 7.08. The molecular weight excluding hydrogens is 338 g/mol. The summed E-state index contributed by atoms with van der Waals surface area (Å²) in [6.07, 6.45) is 3.33. The molecule has 0 radical (unpaired) electrons. The van der Waals surface area contributed by atoms with Gasteiger partial charge in [0, 0.05) is 42.0 Å². The molecule has 0 atom stereocenters. The molecule has 138 valence electrons. The predicted molar refractivity (Wildman–Crippen MR) is 107 cm³/mol. The lowest BCUT2D eigenvalue weighted by Gasteiger charge is -2.31. The number of aryl methyl sites for hydroxylation is 2. The molecule has 27 heavy (non-hydrogen) atoms. The van der Waals surface area contributed by atoms with E-state index >= 15 is 0 Å². The normalized spacial score (nSPS) is 15.1. The monoisotopic (exact) mass is 361 g/mol. The second kappa shape index (κ2) is 7.31. The minimum Gasteiger partial charge on any atom is -0.341 e. The number of piperidine rings is 1. The molecule has 6 nitrogen and oxygen atoms in total. The summed E-state index contributed by atoms with van der Waals surface area (Å²) in [6.45, 7) is 5.54.